The normalized spacial score (nSPS) is 12.0. The molecule has 1 aromatic rings. The van der Waals surface area contributed by atoms with E-state index in [1.165, 1.54) is 12.8 Å². The summed E-state index contributed by atoms with van der Waals surface area (Å²) in [5.41, 5.74) is 1.64. The second kappa shape index (κ2) is 9.37. The minimum Gasteiger partial charge on any atom is -0.370 e. The molecule has 21 heavy (non-hydrogen) atoms. The zero-order valence-electron chi connectivity index (χ0n) is 13.8. The number of carbonyl (C=O) groups is 1. The average Bonchev–Trinajstić information content (AvgIpc) is 2.47. The molecule has 1 aromatic heterocycles. The molecule has 1 amide bonds. The fourth-order valence-corrected chi connectivity index (χ4v) is 2.25. The zero-order valence-corrected chi connectivity index (χ0v) is 13.8. The van der Waals surface area contributed by atoms with Crippen LogP contribution in [0.15, 0.2) is 12.1 Å². The number of nitrogens with one attached hydrogen (secondary N) is 2. The van der Waals surface area contributed by atoms with Crippen LogP contribution in [0.5, 0.6) is 0 Å². The molecule has 0 aromatic carbocycles. The van der Waals surface area contributed by atoms with Crippen LogP contribution in [0.2, 0.25) is 0 Å². The first kappa shape index (κ1) is 17.5. The van der Waals surface area contributed by atoms with Crippen molar-refractivity contribution < 1.29 is 4.79 Å². The molecule has 1 heterocycles. The third kappa shape index (κ3) is 6.15. The first-order valence-electron chi connectivity index (χ1n) is 8.16. The van der Waals surface area contributed by atoms with E-state index >= 15 is 0 Å². The molecule has 0 aliphatic rings. The van der Waals surface area contributed by atoms with E-state index in [1.807, 2.05) is 26.0 Å². The van der Waals surface area contributed by atoms with Gasteiger partial charge in [0.05, 0.1) is 0 Å². The van der Waals surface area contributed by atoms with E-state index in [0.717, 1.165) is 37.3 Å². The Morgan fingerprint density at radius 2 is 2.00 bits per heavy atom. The molecule has 1 atom stereocenters. The molecule has 4 heteroatoms. The van der Waals surface area contributed by atoms with Crippen LogP contribution < -0.4 is 10.6 Å². The van der Waals surface area contributed by atoms with Gasteiger partial charge < -0.3 is 10.6 Å². The summed E-state index contributed by atoms with van der Waals surface area (Å²) in [6, 6.07) is 3.93. The second-order valence-electron chi connectivity index (χ2n) is 5.49. The van der Waals surface area contributed by atoms with Crippen molar-refractivity contribution in [3.8, 4) is 0 Å². The van der Waals surface area contributed by atoms with E-state index in [9.17, 15) is 4.79 Å². The Bertz CT molecular complexity index is 446. The maximum atomic E-state index is 12.3. The number of hydrogen-bond acceptors (Lipinski definition) is 3. The van der Waals surface area contributed by atoms with Gasteiger partial charge in [0.1, 0.15) is 5.82 Å². The summed E-state index contributed by atoms with van der Waals surface area (Å²) < 4.78 is 0. The van der Waals surface area contributed by atoms with Crippen molar-refractivity contribution in [1.82, 2.24) is 10.3 Å². The van der Waals surface area contributed by atoms with Crippen molar-refractivity contribution in [2.75, 3.05) is 11.9 Å². The smallest absolute Gasteiger partial charge is 0.251 e. The van der Waals surface area contributed by atoms with E-state index in [-0.39, 0.29) is 11.9 Å². The standard InChI is InChI=1S/C17H29N3O/c1-5-8-9-10-13(4)19-17(21)14-11-15(6-2)20-16(12-14)18-7-3/h11-13H,5-10H2,1-4H3,(H,18,20)(H,19,21). The van der Waals surface area contributed by atoms with Crippen molar-refractivity contribution in [1.29, 1.82) is 0 Å². The summed E-state index contributed by atoms with van der Waals surface area (Å²) >= 11 is 0. The molecule has 1 rings (SSSR count). The van der Waals surface area contributed by atoms with Gasteiger partial charge in [0.15, 0.2) is 0 Å². The molecule has 118 valence electrons. The largest absolute Gasteiger partial charge is 0.370 e. The van der Waals surface area contributed by atoms with Gasteiger partial charge in [-0.25, -0.2) is 4.98 Å². The molecule has 0 aliphatic carbocycles. The summed E-state index contributed by atoms with van der Waals surface area (Å²) in [4.78, 5) is 16.8. The van der Waals surface area contributed by atoms with Gasteiger partial charge in [0.25, 0.3) is 5.91 Å². The monoisotopic (exact) mass is 291 g/mol. The lowest BCUT2D eigenvalue weighted by atomic mass is 10.1. The molecule has 1 unspecified atom stereocenters. The predicted octanol–water partition coefficient (Wildman–Crippen LogP) is 3.77. The van der Waals surface area contributed by atoms with E-state index in [4.69, 9.17) is 0 Å². The highest BCUT2D eigenvalue weighted by atomic mass is 16.1. The minimum absolute atomic E-state index is 0.00440. The molecule has 0 fully saturated rings. The number of nitrogens with zero attached hydrogens (tertiary/aromatic N) is 1. The van der Waals surface area contributed by atoms with E-state index < -0.39 is 0 Å². The number of rotatable bonds is 9. The summed E-state index contributed by atoms with van der Waals surface area (Å²) in [7, 11) is 0. The SMILES string of the molecule is CCCCCC(C)NC(=O)c1cc(CC)nc(NCC)c1. The zero-order chi connectivity index (χ0) is 15.7. The van der Waals surface area contributed by atoms with E-state index in [1.54, 1.807) is 0 Å². The van der Waals surface area contributed by atoms with Gasteiger partial charge in [-0.05, 0) is 38.8 Å². The van der Waals surface area contributed by atoms with Crippen LogP contribution in [0.4, 0.5) is 5.82 Å². The van der Waals surface area contributed by atoms with Crippen LogP contribution in [0.1, 0.15) is 69.4 Å². The van der Waals surface area contributed by atoms with Gasteiger partial charge in [0.2, 0.25) is 0 Å². The Labute approximate surface area is 128 Å². The summed E-state index contributed by atoms with van der Waals surface area (Å²) in [6.07, 6.45) is 5.45. The minimum atomic E-state index is -0.00440. The number of amides is 1. The Morgan fingerprint density at radius 3 is 2.62 bits per heavy atom. The number of anilines is 1. The quantitative estimate of drug-likeness (QED) is 0.681. The molecular formula is C17H29N3O. The lowest BCUT2D eigenvalue weighted by Gasteiger charge is -2.15. The van der Waals surface area contributed by atoms with Gasteiger partial charge in [-0.15, -0.1) is 0 Å². The highest BCUT2D eigenvalue weighted by Crippen LogP contribution is 2.12. The Morgan fingerprint density at radius 1 is 1.24 bits per heavy atom. The molecule has 0 bridgehead atoms. The molecular weight excluding hydrogens is 262 g/mol. The molecule has 0 spiro atoms. The molecule has 4 nitrogen and oxygen atoms in total. The van der Waals surface area contributed by atoms with Gasteiger partial charge in [-0.1, -0.05) is 33.1 Å². The first-order chi connectivity index (χ1) is 10.1. The lowest BCUT2D eigenvalue weighted by molar-refractivity contribution is 0.0937. The van der Waals surface area contributed by atoms with Crippen LogP contribution in [-0.4, -0.2) is 23.5 Å². The lowest BCUT2D eigenvalue weighted by Crippen LogP contribution is -2.32. The van der Waals surface area contributed by atoms with Crippen molar-refractivity contribution >= 4 is 11.7 Å². The van der Waals surface area contributed by atoms with Crippen LogP contribution in [0.3, 0.4) is 0 Å². The molecule has 0 saturated carbocycles. The number of pyridine rings is 1. The van der Waals surface area contributed by atoms with Crippen LogP contribution in [0.25, 0.3) is 0 Å². The summed E-state index contributed by atoms with van der Waals surface area (Å²) in [6.45, 7) is 9.13. The van der Waals surface area contributed by atoms with Crippen LogP contribution in [-0.2, 0) is 6.42 Å². The van der Waals surface area contributed by atoms with Crippen molar-refractivity contribution in [2.24, 2.45) is 0 Å². The van der Waals surface area contributed by atoms with E-state index in [2.05, 4.69) is 29.5 Å². The van der Waals surface area contributed by atoms with Crippen molar-refractivity contribution in [2.45, 2.75) is 65.8 Å². The van der Waals surface area contributed by atoms with E-state index in [0.29, 0.717) is 5.56 Å². The second-order valence-corrected chi connectivity index (χ2v) is 5.49. The van der Waals surface area contributed by atoms with Gasteiger partial charge >= 0.3 is 0 Å². The number of hydrogen-bond donors (Lipinski definition) is 2. The van der Waals surface area contributed by atoms with Gasteiger partial charge in [-0.2, -0.15) is 0 Å². The third-order valence-electron chi connectivity index (χ3n) is 3.48. The van der Waals surface area contributed by atoms with Crippen LogP contribution in [0, 0.1) is 0 Å². The maximum Gasteiger partial charge on any atom is 0.251 e. The molecule has 2 N–H and O–H groups in total. The molecule has 0 radical (unpaired) electrons. The van der Waals surface area contributed by atoms with Gasteiger partial charge in [-0.3, -0.25) is 4.79 Å². The third-order valence-corrected chi connectivity index (χ3v) is 3.48. The van der Waals surface area contributed by atoms with Crippen LogP contribution >= 0.6 is 0 Å². The number of aromatic nitrogens is 1. The maximum absolute atomic E-state index is 12.3. The fraction of sp³-hybridized carbons (Fsp3) is 0.647. The average molecular weight is 291 g/mol. The Balaban J connectivity index is 2.69. The number of unbranched alkanes of at least 4 members (excludes halogenated alkanes) is 2. The first-order valence-corrected chi connectivity index (χ1v) is 8.16. The Hall–Kier alpha value is -1.58. The predicted molar refractivity (Wildman–Crippen MR) is 88.8 cm³/mol. The number of aryl methyl sites for hydroxylation is 1. The highest BCUT2D eigenvalue weighted by Gasteiger charge is 2.12. The molecule has 0 aliphatic heterocycles. The summed E-state index contributed by atoms with van der Waals surface area (Å²) in [5, 5.41) is 6.26. The molecule has 0 saturated heterocycles. The van der Waals surface area contributed by atoms with Gasteiger partial charge in [0, 0.05) is 23.8 Å². The number of carbonyl (C=O) groups excluding carboxylic acids is 1. The summed E-state index contributed by atoms with van der Waals surface area (Å²) in [5.74, 6) is 0.774. The highest BCUT2D eigenvalue weighted by molar-refractivity contribution is 5.95. The topological polar surface area (TPSA) is 54.0 Å². The van der Waals surface area contributed by atoms with Crippen molar-refractivity contribution in [3.05, 3.63) is 23.4 Å². The Kier molecular flexibility index (Phi) is 7.80. The van der Waals surface area contributed by atoms with Crippen molar-refractivity contribution in [3.63, 3.8) is 0 Å². The fourth-order valence-electron chi connectivity index (χ4n) is 2.25.